The molecule has 5 nitrogen and oxygen atoms in total. The first-order valence-electron chi connectivity index (χ1n) is 5.33. The first kappa shape index (κ1) is 15.5. The lowest BCUT2D eigenvalue weighted by Gasteiger charge is -2.11. The lowest BCUT2D eigenvalue weighted by atomic mass is 10.1. The number of primary sulfonamides is 1. The van der Waals surface area contributed by atoms with Crippen LogP contribution in [0.5, 0.6) is 0 Å². The van der Waals surface area contributed by atoms with Crippen LogP contribution in [0, 0.1) is 13.8 Å². The summed E-state index contributed by atoms with van der Waals surface area (Å²) in [5.41, 5.74) is 0.886. The molecule has 106 valence electrons. The maximum absolute atomic E-state index is 12.0. The fourth-order valence-corrected chi connectivity index (χ4v) is 2.44. The van der Waals surface area contributed by atoms with Crippen molar-refractivity contribution in [3.8, 4) is 0 Å². The van der Waals surface area contributed by atoms with Crippen LogP contribution in [-0.4, -0.2) is 27.3 Å². The number of aryl methyl sites for hydroxylation is 2. The van der Waals surface area contributed by atoms with Gasteiger partial charge in [-0.2, -0.15) is 0 Å². The Morgan fingerprint density at radius 1 is 1.32 bits per heavy atom. The van der Waals surface area contributed by atoms with E-state index >= 15 is 0 Å². The van der Waals surface area contributed by atoms with Gasteiger partial charge in [0.2, 0.25) is 10.0 Å². The van der Waals surface area contributed by atoms with Crippen molar-refractivity contribution in [2.24, 2.45) is 5.14 Å². The molecule has 1 rings (SSSR count). The van der Waals surface area contributed by atoms with E-state index in [0.717, 1.165) is 6.07 Å². The Morgan fingerprint density at radius 2 is 1.89 bits per heavy atom. The second-order valence-corrected chi connectivity index (χ2v) is 5.61. The molecule has 0 spiro atoms. The maximum Gasteiger partial charge on any atom is 0.255 e. The molecule has 0 heterocycles. The van der Waals surface area contributed by atoms with Crippen LogP contribution in [0.1, 0.15) is 21.5 Å². The minimum Gasteiger partial charge on any atom is -0.346 e. The summed E-state index contributed by atoms with van der Waals surface area (Å²) in [5, 5.41) is 7.03. The molecule has 1 aromatic rings. The van der Waals surface area contributed by atoms with Crippen LogP contribution in [0.2, 0.25) is 0 Å². The monoisotopic (exact) mass is 292 g/mol. The topological polar surface area (TPSA) is 89.3 Å². The number of nitrogens with one attached hydrogen (secondary N) is 1. The highest BCUT2D eigenvalue weighted by Crippen LogP contribution is 2.19. The molecule has 0 saturated heterocycles. The third-order valence-corrected chi connectivity index (χ3v) is 3.54. The number of alkyl halides is 2. The highest BCUT2D eigenvalue weighted by atomic mass is 32.2. The van der Waals surface area contributed by atoms with Crippen LogP contribution in [-0.2, 0) is 10.0 Å². The van der Waals surface area contributed by atoms with Gasteiger partial charge in [0.25, 0.3) is 12.3 Å². The Labute approximate surface area is 109 Å². The largest absolute Gasteiger partial charge is 0.346 e. The summed E-state index contributed by atoms with van der Waals surface area (Å²) in [6.07, 6.45) is -2.67. The summed E-state index contributed by atoms with van der Waals surface area (Å²) in [4.78, 5) is 11.5. The molecule has 0 fully saturated rings. The molecule has 1 amide bonds. The van der Waals surface area contributed by atoms with Gasteiger partial charge in [-0.25, -0.2) is 22.3 Å². The Hall–Kier alpha value is -1.54. The van der Waals surface area contributed by atoms with E-state index in [0.29, 0.717) is 11.1 Å². The molecule has 0 aliphatic carbocycles. The van der Waals surface area contributed by atoms with Crippen LogP contribution < -0.4 is 10.5 Å². The standard InChI is InChI=1S/C11H14F2N2O3S/c1-6-3-7(2)9(19(14,17)18)4-8(6)11(16)15-5-10(12)13/h3-4,10H,5H2,1-2H3,(H,15,16)(H2,14,17,18). The van der Waals surface area contributed by atoms with Gasteiger partial charge in [0.05, 0.1) is 11.4 Å². The predicted molar refractivity (Wildman–Crippen MR) is 65.6 cm³/mol. The van der Waals surface area contributed by atoms with E-state index in [-0.39, 0.29) is 10.5 Å². The zero-order valence-corrected chi connectivity index (χ0v) is 11.2. The summed E-state index contributed by atoms with van der Waals surface area (Å²) in [6.45, 7) is 2.32. The number of carbonyl (C=O) groups is 1. The minimum absolute atomic E-state index is 0.00951. The smallest absolute Gasteiger partial charge is 0.255 e. The third-order valence-electron chi connectivity index (χ3n) is 2.49. The van der Waals surface area contributed by atoms with Crippen molar-refractivity contribution in [1.82, 2.24) is 5.32 Å². The van der Waals surface area contributed by atoms with Crippen molar-refractivity contribution >= 4 is 15.9 Å². The molecule has 19 heavy (non-hydrogen) atoms. The molecule has 0 bridgehead atoms. The Morgan fingerprint density at radius 3 is 2.37 bits per heavy atom. The van der Waals surface area contributed by atoms with Crippen LogP contribution in [0.3, 0.4) is 0 Å². The maximum atomic E-state index is 12.0. The lowest BCUT2D eigenvalue weighted by molar-refractivity contribution is 0.0891. The van der Waals surface area contributed by atoms with Crippen molar-refractivity contribution in [2.45, 2.75) is 25.2 Å². The normalized spacial score (nSPS) is 11.7. The number of sulfonamides is 1. The second-order valence-electron chi connectivity index (χ2n) is 4.08. The van der Waals surface area contributed by atoms with Gasteiger partial charge in [0.1, 0.15) is 0 Å². The molecule has 3 N–H and O–H groups in total. The summed E-state index contributed by atoms with van der Waals surface area (Å²) in [5.74, 6) is -0.761. The highest BCUT2D eigenvalue weighted by molar-refractivity contribution is 7.89. The average molecular weight is 292 g/mol. The predicted octanol–water partition coefficient (Wildman–Crippen LogP) is 0.946. The molecule has 0 saturated carbocycles. The molecule has 0 radical (unpaired) electrons. The van der Waals surface area contributed by atoms with Gasteiger partial charge < -0.3 is 5.32 Å². The SMILES string of the molecule is Cc1cc(C)c(S(N)(=O)=O)cc1C(=O)NCC(F)F. The van der Waals surface area contributed by atoms with Gasteiger partial charge in [0.15, 0.2) is 0 Å². The number of benzene rings is 1. The Balaban J connectivity index is 3.19. The number of halogens is 2. The fourth-order valence-electron chi connectivity index (χ4n) is 1.65. The van der Waals surface area contributed by atoms with Crippen molar-refractivity contribution < 1.29 is 22.0 Å². The quantitative estimate of drug-likeness (QED) is 0.865. The average Bonchev–Trinajstić information content (AvgIpc) is 2.24. The van der Waals surface area contributed by atoms with Crippen molar-refractivity contribution in [3.63, 3.8) is 0 Å². The number of hydrogen-bond acceptors (Lipinski definition) is 3. The van der Waals surface area contributed by atoms with Crippen molar-refractivity contribution in [2.75, 3.05) is 6.54 Å². The number of carbonyl (C=O) groups excluding carboxylic acids is 1. The van der Waals surface area contributed by atoms with Crippen LogP contribution >= 0.6 is 0 Å². The first-order chi connectivity index (χ1) is 8.62. The van der Waals surface area contributed by atoms with Gasteiger partial charge in [-0.05, 0) is 31.0 Å². The van der Waals surface area contributed by atoms with E-state index in [1.807, 2.05) is 5.32 Å². The van der Waals surface area contributed by atoms with E-state index in [1.165, 1.54) is 13.0 Å². The van der Waals surface area contributed by atoms with Gasteiger partial charge in [-0.1, -0.05) is 6.07 Å². The van der Waals surface area contributed by atoms with E-state index in [9.17, 15) is 22.0 Å². The first-order valence-corrected chi connectivity index (χ1v) is 6.88. The number of amides is 1. The second kappa shape index (κ2) is 5.62. The summed E-state index contributed by atoms with van der Waals surface area (Å²) < 4.78 is 46.7. The van der Waals surface area contributed by atoms with E-state index in [2.05, 4.69) is 0 Å². The van der Waals surface area contributed by atoms with Crippen LogP contribution in [0.15, 0.2) is 17.0 Å². The van der Waals surface area contributed by atoms with E-state index < -0.39 is 28.9 Å². The van der Waals surface area contributed by atoms with Crippen LogP contribution in [0.25, 0.3) is 0 Å². The Kier molecular flexibility index (Phi) is 4.59. The summed E-state index contributed by atoms with van der Waals surface area (Å²) in [6, 6.07) is 2.57. The molecule has 0 aliphatic rings. The zero-order chi connectivity index (χ0) is 14.8. The number of nitrogens with two attached hydrogens (primary N) is 1. The zero-order valence-electron chi connectivity index (χ0n) is 10.4. The van der Waals surface area contributed by atoms with Crippen LogP contribution in [0.4, 0.5) is 8.78 Å². The molecule has 0 aliphatic heterocycles. The Bertz CT molecular complexity index is 600. The molecule has 0 atom stereocenters. The molecule has 0 aromatic heterocycles. The van der Waals surface area contributed by atoms with Gasteiger partial charge >= 0.3 is 0 Å². The van der Waals surface area contributed by atoms with Crippen molar-refractivity contribution in [1.29, 1.82) is 0 Å². The van der Waals surface area contributed by atoms with Gasteiger partial charge in [-0.15, -0.1) is 0 Å². The third kappa shape index (κ3) is 3.97. The molecular weight excluding hydrogens is 278 g/mol. The fraction of sp³-hybridized carbons (Fsp3) is 0.364. The minimum atomic E-state index is -3.97. The molecule has 8 heteroatoms. The van der Waals surface area contributed by atoms with E-state index in [4.69, 9.17) is 5.14 Å². The van der Waals surface area contributed by atoms with Gasteiger partial charge in [0, 0.05) is 5.56 Å². The molecule has 0 unspecified atom stereocenters. The summed E-state index contributed by atoms with van der Waals surface area (Å²) >= 11 is 0. The number of rotatable bonds is 4. The van der Waals surface area contributed by atoms with Gasteiger partial charge in [-0.3, -0.25) is 4.79 Å². The summed E-state index contributed by atoms with van der Waals surface area (Å²) in [7, 11) is -3.97. The van der Waals surface area contributed by atoms with E-state index in [1.54, 1.807) is 6.92 Å². The lowest BCUT2D eigenvalue weighted by Crippen LogP contribution is -2.29. The number of hydrogen-bond donors (Lipinski definition) is 2. The molecular formula is C11H14F2N2O3S. The van der Waals surface area contributed by atoms with Crippen molar-refractivity contribution in [3.05, 3.63) is 28.8 Å². The molecule has 1 aromatic carbocycles. The highest BCUT2D eigenvalue weighted by Gasteiger charge is 2.18.